The van der Waals surface area contributed by atoms with Gasteiger partial charge in [-0.05, 0) is 25.8 Å². The zero-order chi connectivity index (χ0) is 16.7. The van der Waals surface area contributed by atoms with Gasteiger partial charge in [-0.2, -0.15) is 0 Å². The maximum absolute atomic E-state index is 5.90. The number of nitrogens with zero attached hydrogens (tertiary/aromatic N) is 1. The van der Waals surface area contributed by atoms with Gasteiger partial charge in [-0.3, -0.25) is 0 Å². The fourth-order valence-electron chi connectivity index (χ4n) is 2.48. The average Bonchev–Trinajstić information content (AvgIpc) is 2.99. The molecule has 1 heterocycles. The molecule has 0 saturated heterocycles. The molecule has 0 amide bonds. The molecular weight excluding hydrogens is 310 g/mol. The minimum Gasteiger partial charge on any atom is -0.493 e. The number of ether oxygens (including phenoxy) is 2. The Balaban J connectivity index is 1.93. The van der Waals surface area contributed by atoms with E-state index in [-0.39, 0.29) is 0 Å². The summed E-state index contributed by atoms with van der Waals surface area (Å²) in [6, 6.07) is 4.52. The molecule has 0 aliphatic rings. The van der Waals surface area contributed by atoms with Gasteiger partial charge in [0.05, 0.1) is 23.9 Å². The Kier molecular flexibility index (Phi) is 7.08. The third-order valence-electron chi connectivity index (χ3n) is 3.89. The number of hydrogen-bond donors (Lipinski definition) is 2. The van der Waals surface area contributed by atoms with Crippen LogP contribution in [0.1, 0.15) is 38.1 Å². The number of hydrogen-bond acceptors (Lipinski definition) is 6. The van der Waals surface area contributed by atoms with Crippen LogP contribution in [0.3, 0.4) is 0 Å². The zero-order valence-electron chi connectivity index (χ0n) is 14.2. The van der Waals surface area contributed by atoms with Crippen molar-refractivity contribution in [1.82, 2.24) is 10.3 Å². The fraction of sp³-hybridized carbons (Fsp3) is 0.588. The summed E-state index contributed by atoms with van der Waals surface area (Å²) in [5.74, 6) is 1.49. The van der Waals surface area contributed by atoms with Crippen molar-refractivity contribution < 1.29 is 9.47 Å². The zero-order valence-corrected chi connectivity index (χ0v) is 15.0. The third-order valence-corrected chi connectivity index (χ3v) is 4.93. The van der Waals surface area contributed by atoms with Gasteiger partial charge in [-0.1, -0.05) is 13.8 Å². The van der Waals surface area contributed by atoms with E-state index in [1.54, 1.807) is 18.4 Å². The number of nitrogens with two attached hydrogens (primary N) is 1. The molecule has 1 aromatic heterocycles. The Morgan fingerprint density at radius 3 is 2.70 bits per heavy atom. The van der Waals surface area contributed by atoms with E-state index in [2.05, 4.69) is 24.1 Å². The summed E-state index contributed by atoms with van der Waals surface area (Å²) < 4.78 is 12.4. The Morgan fingerprint density at radius 1 is 1.26 bits per heavy atom. The molecule has 2 rings (SSSR count). The van der Waals surface area contributed by atoms with Crippen molar-refractivity contribution in [2.45, 2.75) is 45.7 Å². The smallest absolute Gasteiger partial charge is 0.163 e. The lowest BCUT2D eigenvalue weighted by Gasteiger charge is -2.15. The number of benzene rings is 1. The highest BCUT2D eigenvalue weighted by atomic mass is 32.1. The largest absolute Gasteiger partial charge is 0.493 e. The van der Waals surface area contributed by atoms with E-state index in [9.17, 15) is 0 Å². The van der Waals surface area contributed by atoms with Crippen molar-refractivity contribution in [3.8, 4) is 11.5 Å². The summed E-state index contributed by atoms with van der Waals surface area (Å²) in [5, 5.41) is 4.46. The second-order valence-electron chi connectivity index (χ2n) is 5.45. The van der Waals surface area contributed by atoms with E-state index in [1.807, 2.05) is 12.1 Å². The van der Waals surface area contributed by atoms with Crippen LogP contribution >= 0.6 is 11.3 Å². The summed E-state index contributed by atoms with van der Waals surface area (Å²) in [7, 11) is 1.66. The Hall–Kier alpha value is -1.37. The van der Waals surface area contributed by atoms with Crippen molar-refractivity contribution in [2.24, 2.45) is 5.73 Å². The van der Waals surface area contributed by atoms with Crippen LogP contribution in [0.2, 0.25) is 0 Å². The van der Waals surface area contributed by atoms with Gasteiger partial charge in [-0.15, -0.1) is 11.3 Å². The van der Waals surface area contributed by atoms with E-state index in [0.717, 1.165) is 52.5 Å². The van der Waals surface area contributed by atoms with E-state index in [4.69, 9.17) is 15.2 Å². The standard InChI is InChI=1S/C17H27N3O2S/c1-4-12(5-2)19-7-6-8-22-15-9-13-16(10-14(15)21-3)23-17(11-18)20-13/h9-10,12,19H,4-8,11,18H2,1-3H3. The first-order chi connectivity index (χ1) is 11.2. The van der Waals surface area contributed by atoms with Crippen molar-refractivity contribution >= 4 is 21.6 Å². The van der Waals surface area contributed by atoms with E-state index >= 15 is 0 Å². The average molecular weight is 337 g/mol. The maximum Gasteiger partial charge on any atom is 0.163 e. The van der Waals surface area contributed by atoms with Crippen LogP contribution in [-0.2, 0) is 6.54 Å². The van der Waals surface area contributed by atoms with Crippen LogP contribution in [0.5, 0.6) is 11.5 Å². The SMILES string of the molecule is CCC(CC)NCCCOc1cc2nc(CN)sc2cc1OC. The van der Waals surface area contributed by atoms with Gasteiger partial charge < -0.3 is 20.5 Å². The molecule has 5 nitrogen and oxygen atoms in total. The lowest BCUT2D eigenvalue weighted by Crippen LogP contribution is -2.29. The summed E-state index contributed by atoms with van der Waals surface area (Å²) in [6.45, 7) is 6.50. The molecule has 0 spiro atoms. The number of aromatic nitrogens is 1. The molecule has 128 valence electrons. The normalized spacial score (nSPS) is 11.3. The molecule has 1 aromatic carbocycles. The van der Waals surface area contributed by atoms with Crippen molar-refractivity contribution in [3.63, 3.8) is 0 Å². The summed E-state index contributed by atoms with van der Waals surface area (Å²) in [6.07, 6.45) is 3.28. The lowest BCUT2D eigenvalue weighted by molar-refractivity contribution is 0.285. The van der Waals surface area contributed by atoms with Gasteiger partial charge >= 0.3 is 0 Å². The van der Waals surface area contributed by atoms with E-state index < -0.39 is 0 Å². The molecule has 0 bridgehead atoms. The highest BCUT2D eigenvalue weighted by Gasteiger charge is 2.11. The third kappa shape index (κ3) is 4.80. The quantitative estimate of drug-likeness (QED) is 0.651. The van der Waals surface area contributed by atoms with Gasteiger partial charge in [0.1, 0.15) is 5.01 Å². The fourth-order valence-corrected chi connectivity index (χ4v) is 3.34. The second-order valence-corrected chi connectivity index (χ2v) is 6.57. The van der Waals surface area contributed by atoms with E-state index in [1.165, 1.54) is 0 Å². The molecule has 3 N–H and O–H groups in total. The first kappa shape index (κ1) is 18.0. The number of rotatable bonds is 10. The molecule has 2 aromatic rings. The molecule has 0 unspecified atom stereocenters. The first-order valence-corrected chi connectivity index (χ1v) is 9.07. The lowest BCUT2D eigenvalue weighted by atomic mass is 10.2. The monoisotopic (exact) mass is 337 g/mol. The molecule has 0 atom stereocenters. The molecule has 0 radical (unpaired) electrons. The molecule has 23 heavy (non-hydrogen) atoms. The van der Waals surface area contributed by atoms with Crippen LogP contribution < -0.4 is 20.5 Å². The molecule has 0 fully saturated rings. The van der Waals surface area contributed by atoms with Crippen molar-refractivity contribution in [3.05, 3.63) is 17.1 Å². The predicted octanol–water partition coefficient (Wildman–Crippen LogP) is 3.31. The van der Waals surface area contributed by atoms with Crippen LogP contribution in [0.4, 0.5) is 0 Å². The minimum absolute atomic E-state index is 0.458. The van der Waals surface area contributed by atoms with Crippen molar-refractivity contribution in [2.75, 3.05) is 20.3 Å². The Morgan fingerprint density at radius 2 is 2.04 bits per heavy atom. The highest BCUT2D eigenvalue weighted by Crippen LogP contribution is 2.34. The van der Waals surface area contributed by atoms with Crippen LogP contribution in [-0.4, -0.2) is 31.3 Å². The Labute approximate surface area is 142 Å². The van der Waals surface area contributed by atoms with Crippen molar-refractivity contribution in [1.29, 1.82) is 0 Å². The predicted molar refractivity (Wildman–Crippen MR) is 96.5 cm³/mol. The topological polar surface area (TPSA) is 69.4 Å². The molecular formula is C17H27N3O2S. The number of thiazole rings is 1. The van der Waals surface area contributed by atoms with Gasteiger partial charge in [0.2, 0.25) is 0 Å². The van der Waals surface area contributed by atoms with E-state index in [0.29, 0.717) is 19.2 Å². The van der Waals surface area contributed by atoms with Gasteiger partial charge in [-0.25, -0.2) is 4.98 Å². The van der Waals surface area contributed by atoms with Gasteiger partial charge in [0.15, 0.2) is 11.5 Å². The van der Waals surface area contributed by atoms with Gasteiger partial charge in [0.25, 0.3) is 0 Å². The summed E-state index contributed by atoms with van der Waals surface area (Å²) in [4.78, 5) is 4.50. The molecule has 6 heteroatoms. The second kappa shape index (κ2) is 9.05. The number of fused-ring (bicyclic) bond motifs is 1. The highest BCUT2D eigenvalue weighted by molar-refractivity contribution is 7.18. The Bertz CT molecular complexity index is 611. The van der Waals surface area contributed by atoms with Crippen LogP contribution in [0.25, 0.3) is 10.2 Å². The molecule has 0 saturated carbocycles. The number of nitrogens with one attached hydrogen (secondary N) is 1. The summed E-state index contributed by atoms with van der Waals surface area (Å²) >= 11 is 1.59. The van der Waals surface area contributed by atoms with Crippen LogP contribution in [0, 0.1) is 0 Å². The molecule has 0 aliphatic heterocycles. The minimum atomic E-state index is 0.458. The van der Waals surface area contributed by atoms with Crippen LogP contribution in [0.15, 0.2) is 12.1 Å². The van der Waals surface area contributed by atoms with Gasteiger partial charge in [0, 0.05) is 24.7 Å². The first-order valence-electron chi connectivity index (χ1n) is 8.25. The maximum atomic E-state index is 5.90. The molecule has 0 aliphatic carbocycles. The summed E-state index contributed by atoms with van der Waals surface area (Å²) in [5.41, 5.74) is 6.58. The number of methoxy groups -OCH3 is 1.